The Morgan fingerprint density at radius 2 is 2.62 bits per heavy atom. The first-order valence-corrected chi connectivity index (χ1v) is 3.07. The Kier molecular flexibility index (Phi) is 0.671. The Hall–Kier alpha value is -0.550. The molecule has 0 amide bonds. The number of fused-ring (bicyclic) bond motifs is 1. The molecule has 0 N–H and O–H groups in total. The van der Waals surface area contributed by atoms with E-state index in [9.17, 15) is 0 Å². The minimum absolute atomic E-state index is 0.587. The predicted molar refractivity (Wildman–Crippen MR) is 32.1 cm³/mol. The third-order valence-corrected chi connectivity index (χ3v) is 1.94. The highest BCUT2D eigenvalue weighted by Crippen LogP contribution is 2.27. The summed E-state index contributed by atoms with van der Waals surface area (Å²) in [5, 5.41) is 0. The smallest absolute Gasteiger partial charge is 0.270 e. The summed E-state index contributed by atoms with van der Waals surface area (Å²) in [4.78, 5) is 6.45. The molecular formula is C6H9N2+. The van der Waals surface area contributed by atoms with Gasteiger partial charge in [-0.1, -0.05) is 4.85 Å². The molecule has 0 spiro atoms. The monoisotopic (exact) mass is 109 g/mol. The standard InChI is InChI=1S/C6H9N2/c1-5-6-4-7-2-3-8(5)6/h5-6H,2-3H2,1H3/q+1. The van der Waals surface area contributed by atoms with Gasteiger partial charge in [0.25, 0.3) is 12.6 Å². The number of rotatable bonds is 0. The van der Waals surface area contributed by atoms with Crippen LogP contribution in [-0.4, -0.2) is 30.1 Å². The Balaban J connectivity index is 2.17. The van der Waals surface area contributed by atoms with Crippen molar-refractivity contribution in [1.82, 2.24) is 4.90 Å². The molecule has 2 aliphatic rings. The SMILES string of the molecule is CC1C2C#[N+]CCN12. The molecule has 0 aromatic carbocycles. The minimum Gasteiger partial charge on any atom is -0.270 e. The van der Waals surface area contributed by atoms with Crippen molar-refractivity contribution in [3.05, 3.63) is 4.85 Å². The molecule has 0 aromatic rings. The third-order valence-electron chi connectivity index (χ3n) is 1.94. The average Bonchev–Trinajstić information content (AvgIpc) is 2.46. The lowest BCUT2D eigenvalue weighted by molar-refractivity contribution is 0.521. The highest BCUT2D eigenvalue weighted by molar-refractivity contribution is 5.20. The van der Waals surface area contributed by atoms with E-state index >= 15 is 0 Å². The molecule has 0 aliphatic carbocycles. The average molecular weight is 109 g/mol. The van der Waals surface area contributed by atoms with Crippen molar-refractivity contribution in [2.24, 2.45) is 0 Å². The zero-order chi connectivity index (χ0) is 5.56. The van der Waals surface area contributed by atoms with Gasteiger partial charge in [-0.15, -0.1) is 0 Å². The quantitative estimate of drug-likeness (QED) is 0.409. The molecule has 3 atom stereocenters. The second-order valence-corrected chi connectivity index (χ2v) is 2.43. The summed E-state index contributed by atoms with van der Waals surface area (Å²) in [6, 6.07) is 4.38. The summed E-state index contributed by atoms with van der Waals surface area (Å²) in [5.74, 6) is 0. The molecular weight excluding hydrogens is 100 g/mol. The summed E-state index contributed by atoms with van der Waals surface area (Å²) in [6.07, 6.45) is 0. The van der Waals surface area contributed by atoms with Crippen LogP contribution in [0, 0.1) is 6.07 Å². The van der Waals surface area contributed by atoms with Crippen LogP contribution < -0.4 is 0 Å². The van der Waals surface area contributed by atoms with Crippen molar-refractivity contribution in [3.8, 4) is 6.07 Å². The zero-order valence-electron chi connectivity index (χ0n) is 4.96. The van der Waals surface area contributed by atoms with Gasteiger partial charge >= 0.3 is 0 Å². The lowest BCUT2D eigenvalue weighted by atomic mass is 10.4. The van der Waals surface area contributed by atoms with Gasteiger partial charge in [0.2, 0.25) is 0 Å². The zero-order valence-corrected chi connectivity index (χ0v) is 4.96. The molecule has 1 fully saturated rings. The van der Waals surface area contributed by atoms with E-state index in [1.165, 1.54) is 0 Å². The van der Waals surface area contributed by atoms with Crippen molar-refractivity contribution in [2.75, 3.05) is 13.1 Å². The number of hydrogen-bond donors (Lipinski definition) is 0. The Morgan fingerprint density at radius 3 is 3.12 bits per heavy atom. The first-order valence-electron chi connectivity index (χ1n) is 3.07. The molecule has 0 saturated carbocycles. The van der Waals surface area contributed by atoms with Crippen LogP contribution in [0.15, 0.2) is 0 Å². The van der Waals surface area contributed by atoms with Crippen LogP contribution in [0.2, 0.25) is 0 Å². The van der Waals surface area contributed by atoms with Gasteiger partial charge in [-0.25, -0.2) is 0 Å². The number of hydrogen-bond acceptors (Lipinski definition) is 1. The summed E-state index contributed by atoms with van der Waals surface area (Å²) < 4.78 is 0. The maximum absolute atomic E-state index is 4.06. The molecule has 2 heteroatoms. The summed E-state index contributed by atoms with van der Waals surface area (Å²) in [5.41, 5.74) is 0. The molecule has 2 nitrogen and oxygen atoms in total. The second kappa shape index (κ2) is 1.24. The van der Waals surface area contributed by atoms with Gasteiger partial charge in [-0.3, -0.25) is 4.90 Å². The largest absolute Gasteiger partial charge is 0.293 e. The van der Waals surface area contributed by atoms with Gasteiger partial charge in [-0.05, 0) is 6.92 Å². The van der Waals surface area contributed by atoms with Crippen molar-refractivity contribution in [2.45, 2.75) is 19.0 Å². The molecule has 0 bridgehead atoms. The third kappa shape index (κ3) is 0.399. The van der Waals surface area contributed by atoms with Crippen LogP contribution in [0.25, 0.3) is 4.85 Å². The van der Waals surface area contributed by atoms with E-state index in [4.69, 9.17) is 0 Å². The van der Waals surface area contributed by atoms with E-state index in [0.29, 0.717) is 6.04 Å². The Morgan fingerprint density at radius 1 is 1.75 bits per heavy atom. The Labute approximate surface area is 48.9 Å². The molecule has 3 unspecified atom stereocenters. The fourth-order valence-corrected chi connectivity index (χ4v) is 1.26. The van der Waals surface area contributed by atoms with Crippen LogP contribution >= 0.6 is 0 Å². The van der Waals surface area contributed by atoms with Crippen LogP contribution in [-0.2, 0) is 0 Å². The molecule has 0 radical (unpaired) electrons. The van der Waals surface area contributed by atoms with Crippen molar-refractivity contribution in [1.29, 1.82) is 0 Å². The van der Waals surface area contributed by atoms with Crippen molar-refractivity contribution in [3.63, 3.8) is 0 Å². The van der Waals surface area contributed by atoms with E-state index in [1.54, 1.807) is 0 Å². The normalized spacial score (nSPS) is 48.9. The van der Waals surface area contributed by atoms with Gasteiger partial charge in [-0.2, -0.15) is 0 Å². The van der Waals surface area contributed by atoms with Gasteiger partial charge in [0.05, 0.1) is 6.54 Å². The summed E-state index contributed by atoms with van der Waals surface area (Å²) in [6.45, 7) is 4.33. The van der Waals surface area contributed by atoms with Crippen LogP contribution in [0.3, 0.4) is 0 Å². The van der Waals surface area contributed by atoms with Crippen molar-refractivity contribution >= 4 is 0 Å². The molecule has 42 valence electrons. The van der Waals surface area contributed by atoms with Crippen LogP contribution in [0.1, 0.15) is 6.92 Å². The lowest BCUT2D eigenvalue weighted by Gasteiger charge is -1.89. The molecule has 2 aliphatic heterocycles. The molecule has 2 heterocycles. The van der Waals surface area contributed by atoms with E-state index in [1.807, 2.05) is 0 Å². The number of nitrogens with zero attached hydrogens (tertiary/aromatic N) is 2. The van der Waals surface area contributed by atoms with E-state index < -0.39 is 0 Å². The highest BCUT2D eigenvalue weighted by atomic mass is 15.4. The van der Waals surface area contributed by atoms with Gasteiger partial charge in [0, 0.05) is 6.04 Å². The van der Waals surface area contributed by atoms with E-state index in [2.05, 4.69) is 22.7 Å². The molecule has 1 saturated heterocycles. The minimum atomic E-state index is 0.587. The van der Waals surface area contributed by atoms with Gasteiger partial charge in [0.15, 0.2) is 6.04 Å². The van der Waals surface area contributed by atoms with E-state index in [-0.39, 0.29) is 0 Å². The van der Waals surface area contributed by atoms with Crippen LogP contribution in [0.5, 0.6) is 0 Å². The van der Waals surface area contributed by atoms with Gasteiger partial charge in [0.1, 0.15) is 0 Å². The van der Waals surface area contributed by atoms with Crippen molar-refractivity contribution < 1.29 is 0 Å². The van der Waals surface area contributed by atoms with E-state index in [0.717, 1.165) is 19.1 Å². The predicted octanol–water partition coefficient (Wildman–Crippen LogP) is 0.406. The first kappa shape index (κ1) is 4.34. The highest BCUT2D eigenvalue weighted by Gasteiger charge is 2.49. The summed E-state index contributed by atoms with van der Waals surface area (Å²) in [7, 11) is 0. The Bertz CT molecular complexity index is 165. The summed E-state index contributed by atoms with van der Waals surface area (Å²) >= 11 is 0. The van der Waals surface area contributed by atoms with Crippen LogP contribution in [0.4, 0.5) is 0 Å². The fourth-order valence-electron chi connectivity index (χ4n) is 1.26. The lowest BCUT2D eigenvalue weighted by Crippen LogP contribution is -2.08. The maximum atomic E-state index is 4.06. The molecule has 2 rings (SSSR count). The first-order chi connectivity index (χ1) is 3.89. The van der Waals surface area contributed by atoms with Gasteiger partial charge < -0.3 is 0 Å². The molecule has 0 aromatic heterocycles. The molecule has 8 heavy (non-hydrogen) atoms. The topological polar surface area (TPSA) is 7.37 Å². The fraction of sp³-hybridized carbons (Fsp3) is 0.833. The maximum Gasteiger partial charge on any atom is 0.293 e. The second-order valence-electron chi connectivity index (χ2n) is 2.43.